The normalized spacial score (nSPS) is 31.9. The van der Waals surface area contributed by atoms with Crippen LogP contribution in [0.5, 0.6) is 11.5 Å². The van der Waals surface area contributed by atoms with Crippen LogP contribution in [-0.4, -0.2) is 65.2 Å². The van der Waals surface area contributed by atoms with Crippen LogP contribution in [0.1, 0.15) is 24.4 Å². The molecule has 124 valence electrons. The highest BCUT2D eigenvalue weighted by atomic mass is 16.5. The molecule has 5 rings (SSSR count). The Hall–Kier alpha value is -1.79. The summed E-state index contributed by atoms with van der Waals surface area (Å²) in [7, 11) is 1.55. The van der Waals surface area contributed by atoms with Crippen LogP contribution in [0.3, 0.4) is 0 Å². The Labute approximate surface area is 136 Å². The molecule has 23 heavy (non-hydrogen) atoms. The molecular formula is C17H23N3O3. The van der Waals surface area contributed by atoms with Crippen LogP contribution in [0.25, 0.3) is 0 Å². The lowest BCUT2D eigenvalue weighted by molar-refractivity contribution is 0.0873. The summed E-state index contributed by atoms with van der Waals surface area (Å²) in [5.74, 6) is 1.20. The molecule has 0 radical (unpaired) electrons. The Morgan fingerprint density at radius 1 is 1.26 bits per heavy atom. The maximum Gasteiger partial charge on any atom is 0.160 e. The van der Waals surface area contributed by atoms with Crippen molar-refractivity contribution in [3.63, 3.8) is 0 Å². The van der Waals surface area contributed by atoms with E-state index in [1.54, 1.807) is 19.2 Å². The Bertz CT molecular complexity index is 626. The highest BCUT2D eigenvalue weighted by molar-refractivity contribution is 5.95. The number of methoxy groups -OCH3 is 1. The number of ether oxygens (including phenoxy) is 1. The number of aromatic hydroxyl groups is 1. The minimum atomic E-state index is 0.0528. The fourth-order valence-corrected chi connectivity index (χ4v) is 4.31. The fraction of sp³-hybridized carbons (Fsp3) is 0.588. The molecule has 0 aromatic heterocycles. The smallest absolute Gasteiger partial charge is 0.160 e. The van der Waals surface area contributed by atoms with E-state index in [9.17, 15) is 10.2 Å². The first kappa shape index (κ1) is 14.8. The van der Waals surface area contributed by atoms with E-state index in [2.05, 4.69) is 4.90 Å². The number of β-amino-alcohol motifs (C(OH)–C–C–N with tert-alkyl or cyclic N) is 1. The zero-order valence-corrected chi connectivity index (χ0v) is 13.4. The molecule has 3 fully saturated rings. The first-order valence-corrected chi connectivity index (χ1v) is 8.29. The maximum atomic E-state index is 10.2. The van der Waals surface area contributed by atoms with Crippen molar-refractivity contribution in [1.29, 1.82) is 0 Å². The second-order valence-corrected chi connectivity index (χ2v) is 6.54. The minimum Gasteiger partial charge on any atom is -0.504 e. The van der Waals surface area contributed by atoms with E-state index in [1.165, 1.54) is 18.6 Å². The molecule has 2 N–H and O–H groups in total. The number of nitrogens with zero attached hydrogens (tertiary/aromatic N) is 3. The van der Waals surface area contributed by atoms with Gasteiger partial charge in [-0.2, -0.15) is 5.10 Å². The summed E-state index contributed by atoms with van der Waals surface area (Å²) in [6.45, 7) is 2.81. The van der Waals surface area contributed by atoms with Gasteiger partial charge in [-0.3, -0.25) is 9.91 Å². The molecule has 3 saturated heterocycles. The summed E-state index contributed by atoms with van der Waals surface area (Å²) < 4.78 is 5.15. The van der Waals surface area contributed by atoms with Crippen molar-refractivity contribution in [3.05, 3.63) is 23.8 Å². The van der Waals surface area contributed by atoms with E-state index in [4.69, 9.17) is 9.84 Å². The second-order valence-electron chi connectivity index (χ2n) is 6.54. The number of benzene rings is 1. The predicted octanol–water partition coefficient (Wildman–Crippen LogP) is 1.20. The number of aliphatic hydroxyl groups is 1. The zero-order valence-electron chi connectivity index (χ0n) is 13.4. The van der Waals surface area contributed by atoms with Gasteiger partial charge >= 0.3 is 0 Å². The van der Waals surface area contributed by atoms with Gasteiger partial charge in [0.2, 0.25) is 0 Å². The summed E-state index contributed by atoms with van der Waals surface area (Å²) in [5, 5.41) is 26.4. The highest BCUT2D eigenvalue weighted by Gasteiger charge is 2.49. The number of phenols is 1. The number of rotatable bonds is 4. The molecule has 0 spiro atoms. The lowest BCUT2D eigenvalue weighted by Crippen LogP contribution is -2.56. The molecule has 0 amide bonds. The van der Waals surface area contributed by atoms with Crippen LogP contribution < -0.4 is 4.74 Å². The number of hydrazone groups is 1. The van der Waals surface area contributed by atoms with Crippen LogP contribution in [0.2, 0.25) is 0 Å². The predicted molar refractivity (Wildman–Crippen MR) is 86.7 cm³/mol. The van der Waals surface area contributed by atoms with Crippen molar-refractivity contribution in [2.75, 3.05) is 33.4 Å². The number of aliphatic hydroxyl groups excluding tert-OH is 1. The van der Waals surface area contributed by atoms with Gasteiger partial charge in [-0.15, -0.1) is 0 Å². The van der Waals surface area contributed by atoms with Crippen LogP contribution in [-0.2, 0) is 0 Å². The molecule has 6 heteroatoms. The van der Waals surface area contributed by atoms with Gasteiger partial charge in [0.05, 0.1) is 38.1 Å². The van der Waals surface area contributed by atoms with Gasteiger partial charge < -0.3 is 14.9 Å². The second kappa shape index (κ2) is 5.69. The molecule has 6 nitrogen and oxygen atoms in total. The summed E-state index contributed by atoms with van der Waals surface area (Å²) >= 11 is 0. The van der Waals surface area contributed by atoms with Gasteiger partial charge in [0.25, 0.3) is 0 Å². The van der Waals surface area contributed by atoms with E-state index in [0.29, 0.717) is 18.2 Å². The lowest BCUT2D eigenvalue weighted by atomic mass is 9.78. The third-order valence-corrected chi connectivity index (χ3v) is 5.38. The van der Waals surface area contributed by atoms with Crippen molar-refractivity contribution >= 4 is 5.71 Å². The molecular weight excluding hydrogens is 294 g/mol. The topological polar surface area (TPSA) is 68.5 Å². The van der Waals surface area contributed by atoms with Gasteiger partial charge in [0.15, 0.2) is 11.5 Å². The number of hydrogen-bond acceptors (Lipinski definition) is 6. The maximum absolute atomic E-state index is 10.2. The molecule has 2 bridgehead atoms. The van der Waals surface area contributed by atoms with Gasteiger partial charge in [-0.1, -0.05) is 6.07 Å². The van der Waals surface area contributed by atoms with Crippen LogP contribution in [0, 0.1) is 5.92 Å². The first-order chi connectivity index (χ1) is 11.2. The van der Waals surface area contributed by atoms with Crippen LogP contribution in [0.15, 0.2) is 23.3 Å². The van der Waals surface area contributed by atoms with E-state index in [0.717, 1.165) is 18.7 Å². The lowest BCUT2D eigenvalue weighted by Gasteiger charge is -2.46. The molecule has 1 aromatic rings. The summed E-state index contributed by atoms with van der Waals surface area (Å²) in [5.41, 5.74) is 2.28. The van der Waals surface area contributed by atoms with Gasteiger partial charge in [-0.05, 0) is 43.6 Å². The third kappa shape index (κ3) is 2.28. The highest BCUT2D eigenvalue weighted by Crippen LogP contribution is 2.44. The number of piperidine rings is 3. The summed E-state index contributed by atoms with van der Waals surface area (Å²) in [4.78, 5) is 2.50. The summed E-state index contributed by atoms with van der Waals surface area (Å²) in [6.07, 6.45) is 2.37. The van der Waals surface area contributed by atoms with Crippen LogP contribution in [0.4, 0.5) is 0 Å². The Morgan fingerprint density at radius 3 is 2.70 bits per heavy atom. The Kier molecular flexibility index (Phi) is 3.66. The monoisotopic (exact) mass is 317 g/mol. The van der Waals surface area contributed by atoms with Crippen molar-refractivity contribution in [2.24, 2.45) is 11.0 Å². The molecule has 0 saturated carbocycles. The SMILES string of the molecule is COc1ccc(C2C3C(=NN2CCO)C2CCN3CC2)cc1O. The average Bonchev–Trinajstić information content (AvgIpc) is 2.97. The number of hydrogen-bond donors (Lipinski definition) is 2. The first-order valence-electron chi connectivity index (χ1n) is 8.29. The molecule has 0 aliphatic carbocycles. The van der Waals surface area contributed by atoms with Gasteiger partial charge in [0, 0.05) is 5.92 Å². The average molecular weight is 317 g/mol. The molecule has 2 atom stereocenters. The Balaban J connectivity index is 1.72. The van der Waals surface area contributed by atoms with Gasteiger partial charge in [-0.25, -0.2) is 0 Å². The Morgan fingerprint density at radius 2 is 2.04 bits per heavy atom. The van der Waals surface area contributed by atoms with E-state index in [1.807, 2.05) is 11.1 Å². The molecule has 4 aliphatic heterocycles. The number of phenolic OH excluding ortho intramolecular Hbond substituents is 1. The van der Waals surface area contributed by atoms with Gasteiger partial charge in [0.1, 0.15) is 0 Å². The minimum absolute atomic E-state index is 0.0528. The molecule has 4 aliphatic rings. The quantitative estimate of drug-likeness (QED) is 0.873. The van der Waals surface area contributed by atoms with Crippen molar-refractivity contribution < 1.29 is 14.9 Å². The third-order valence-electron chi connectivity index (χ3n) is 5.38. The summed E-state index contributed by atoms with van der Waals surface area (Å²) in [6, 6.07) is 5.89. The van der Waals surface area contributed by atoms with E-state index in [-0.39, 0.29) is 24.4 Å². The molecule has 4 heterocycles. The molecule has 1 aromatic carbocycles. The van der Waals surface area contributed by atoms with Crippen molar-refractivity contribution in [1.82, 2.24) is 9.91 Å². The van der Waals surface area contributed by atoms with E-state index < -0.39 is 0 Å². The van der Waals surface area contributed by atoms with Crippen molar-refractivity contribution in [3.8, 4) is 11.5 Å². The largest absolute Gasteiger partial charge is 0.504 e. The fourth-order valence-electron chi connectivity index (χ4n) is 4.31. The van der Waals surface area contributed by atoms with Crippen LogP contribution >= 0.6 is 0 Å². The zero-order chi connectivity index (χ0) is 16.0. The van der Waals surface area contributed by atoms with Crippen molar-refractivity contribution in [2.45, 2.75) is 24.9 Å². The number of fused-ring (bicyclic) bond motifs is 2. The van der Waals surface area contributed by atoms with E-state index >= 15 is 0 Å². The standard InChI is InChI=1S/C17H23N3O3/c1-23-14-3-2-12(10-13(14)22)16-17-15(18-20(16)8-9-21)11-4-6-19(17)7-5-11/h2-3,10-11,16-17,21-22H,4-9H2,1H3. The molecule has 2 unspecified atom stereocenters.